The highest BCUT2D eigenvalue weighted by atomic mass is 32.2. The summed E-state index contributed by atoms with van der Waals surface area (Å²) in [5.41, 5.74) is -0.266. The fourth-order valence-corrected chi connectivity index (χ4v) is 4.88. The maximum Gasteiger partial charge on any atom is 0.404 e. The second-order valence-corrected chi connectivity index (χ2v) is 10.9. The van der Waals surface area contributed by atoms with Gasteiger partial charge in [0.1, 0.15) is 12.4 Å². The Morgan fingerprint density at radius 2 is 1.92 bits per heavy atom. The minimum atomic E-state index is -4.93. The third kappa shape index (κ3) is 8.95. The molecule has 0 aliphatic carbocycles. The van der Waals surface area contributed by atoms with Crippen LogP contribution in [0.2, 0.25) is 0 Å². The van der Waals surface area contributed by atoms with Crippen LogP contribution in [0, 0.1) is 5.92 Å². The Balaban J connectivity index is 2.44. The number of ether oxygens (including phenoxy) is 2. The molecule has 10 nitrogen and oxygen atoms in total. The van der Waals surface area contributed by atoms with Gasteiger partial charge in [0.25, 0.3) is 5.91 Å². The standard InChI is InChI=1S/C23H35F3N4O6S/c1-6-9-27-22(32)30-11-15(2)20(35-5)12-29(4)21(31)18-10-17(7-8-19(18)36-13-16(30)3)28-37(33,34)14-23(24,25)26/h7-8,10,15-16,20,28H,6,9,11-14H2,1-5H3,(H,27,32)/t15-,16-,20+/m0/s1. The minimum Gasteiger partial charge on any atom is -0.491 e. The van der Waals surface area contributed by atoms with E-state index in [0.29, 0.717) is 13.1 Å². The molecule has 0 unspecified atom stereocenters. The molecule has 1 heterocycles. The molecular formula is C23H35F3N4O6S. The van der Waals surface area contributed by atoms with Crippen molar-refractivity contribution in [2.75, 3.05) is 50.9 Å². The van der Waals surface area contributed by atoms with Gasteiger partial charge in [-0.2, -0.15) is 13.2 Å². The summed E-state index contributed by atoms with van der Waals surface area (Å²) in [6, 6.07) is 2.97. The molecule has 1 aromatic rings. The van der Waals surface area contributed by atoms with Crippen molar-refractivity contribution >= 4 is 27.6 Å². The number of alkyl halides is 3. The highest BCUT2D eigenvalue weighted by Crippen LogP contribution is 2.28. The zero-order chi connectivity index (χ0) is 28.0. The van der Waals surface area contributed by atoms with Crippen molar-refractivity contribution in [2.45, 2.75) is 45.5 Å². The SMILES string of the molecule is CCCNC(=O)N1C[C@H](C)[C@H](OC)CN(C)C(=O)c2cc(NS(=O)(=O)CC(F)(F)F)ccc2OC[C@@H]1C. The molecule has 0 spiro atoms. The number of rotatable bonds is 6. The number of amides is 3. The van der Waals surface area contributed by atoms with Gasteiger partial charge < -0.3 is 24.6 Å². The van der Waals surface area contributed by atoms with Crippen molar-refractivity contribution in [3.63, 3.8) is 0 Å². The van der Waals surface area contributed by atoms with Gasteiger partial charge in [-0.15, -0.1) is 0 Å². The fraction of sp³-hybridized carbons (Fsp3) is 0.652. The van der Waals surface area contributed by atoms with Gasteiger partial charge >= 0.3 is 12.2 Å². The van der Waals surface area contributed by atoms with Crippen molar-refractivity contribution in [3.8, 4) is 5.75 Å². The van der Waals surface area contributed by atoms with Crippen LogP contribution in [0.25, 0.3) is 0 Å². The van der Waals surface area contributed by atoms with Gasteiger partial charge in [0.15, 0.2) is 5.75 Å². The molecule has 37 heavy (non-hydrogen) atoms. The average molecular weight is 553 g/mol. The molecule has 3 amide bonds. The molecule has 1 aromatic carbocycles. The fourth-order valence-electron chi connectivity index (χ4n) is 3.89. The number of carbonyl (C=O) groups excluding carboxylic acids is 2. The predicted octanol–water partition coefficient (Wildman–Crippen LogP) is 2.92. The Morgan fingerprint density at radius 1 is 1.24 bits per heavy atom. The van der Waals surface area contributed by atoms with Gasteiger partial charge in [-0.3, -0.25) is 9.52 Å². The number of sulfonamides is 1. The van der Waals surface area contributed by atoms with Crippen LogP contribution in [0.3, 0.4) is 0 Å². The van der Waals surface area contributed by atoms with Crippen molar-refractivity contribution in [1.82, 2.24) is 15.1 Å². The molecule has 1 aliphatic rings. The maximum absolute atomic E-state index is 13.3. The van der Waals surface area contributed by atoms with Crippen molar-refractivity contribution < 1.29 is 40.7 Å². The number of likely N-dealkylation sites (N-methyl/N-ethyl adjacent to an activating group) is 1. The lowest BCUT2D eigenvalue weighted by Crippen LogP contribution is -2.51. The van der Waals surface area contributed by atoms with Crippen LogP contribution >= 0.6 is 0 Å². The van der Waals surface area contributed by atoms with Crippen molar-refractivity contribution in [3.05, 3.63) is 23.8 Å². The van der Waals surface area contributed by atoms with E-state index in [1.54, 1.807) is 11.8 Å². The van der Waals surface area contributed by atoms with E-state index < -0.39 is 40.0 Å². The molecule has 210 valence electrons. The molecule has 1 aliphatic heterocycles. The van der Waals surface area contributed by atoms with E-state index in [0.717, 1.165) is 12.5 Å². The zero-order valence-corrected chi connectivity index (χ0v) is 22.4. The number of urea groups is 1. The molecule has 0 saturated carbocycles. The third-order valence-corrected chi connectivity index (χ3v) is 7.11. The number of methoxy groups -OCH3 is 1. The minimum absolute atomic E-state index is 0.00700. The summed E-state index contributed by atoms with van der Waals surface area (Å²) in [4.78, 5) is 29.2. The van der Waals surface area contributed by atoms with Crippen molar-refractivity contribution in [1.29, 1.82) is 0 Å². The topological polar surface area (TPSA) is 117 Å². The van der Waals surface area contributed by atoms with E-state index in [9.17, 15) is 31.2 Å². The van der Waals surface area contributed by atoms with E-state index >= 15 is 0 Å². The number of anilines is 1. The molecule has 2 rings (SSSR count). The van der Waals surface area contributed by atoms with Gasteiger partial charge in [-0.1, -0.05) is 13.8 Å². The summed E-state index contributed by atoms with van der Waals surface area (Å²) in [5.74, 6) is -2.68. The first-order valence-electron chi connectivity index (χ1n) is 11.8. The maximum atomic E-state index is 13.3. The second-order valence-electron chi connectivity index (χ2n) is 9.17. The van der Waals surface area contributed by atoms with E-state index in [-0.39, 0.29) is 42.1 Å². The molecular weight excluding hydrogens is 517 g/mol. The van der Waals surface area contributed by atoms with E-state index in [1.165, 1.54) is 31.2 Å². The third-order valence-electron chi connectivity index (χ3n) is 5.86. The highest BCUT2D eigenvalue weighted by molar-refractivity contribution is 7.92. The predicted molar refractivity (Wildman–Crippen MR) is 132 cm³/mol. The van der Waals surface area contributed by atoms with Crippen LogP contribution in [-0.4, -0.2) is 94.6 Å². The average Bonchev–Trinajstić information content (AvgIpc) is 2.79. The first kappa shape index (κ1) is 30.5. The lowest BCUT2D eigenvalue weighted by molar-refractivity contribution is -0.106. The van der Waals surface area contributed by atoms with E-state index in [1.807, 2.05) is 18.6 Å². The van der Waals surface area contributed by atoms with Gasteiger partial charge in [0, 0.05) is 45.4 Å². The first-order valence-corrected chi connectivity index (χ1v) is 13.5. The smallest absolute Gasteiger partial charge is 0.404 e. The summed E-state index contributed by atoms with van der Waals surface area (Å²) < 4.78 is 75.2. The molecule has 3 atom stereocenters. The summed E-state index contributed by atoms with van der Waals surface area (Å²) >= 11 is 0. The molecule has 0 saturated heterocycles. The number of carbonyl (C=O) groups is 2. The monoisotopic (exact) mass is 552 g/mol. The lowest BCUT2D eigenvalue weighted by Gasteiger charge is -2.36. The Kier molecular flexibility index (Phi) is 10.4. The van der Waals surface area contributed by atoms with Gasteiger partial charge in [0.05, 0.1) is 17.7 Å². The lowest BCUT2D eigenvalue weighted by atomic mass is 10.0. The number of hydrogen-bond acceptors (Lipinski definition) is 6. The van der Waals surface area contributed by atoms with Gasteiger partial charge in [-0.25, -0.2) is 13.2 Å². The van der Waals surface area contributed by atoms with Crippen LogP contribution in [0.1, 0.15) is 37.6 Å². The Bertz CT molecular complexity index is 1050. The van der Waals surface area contributed by atoms with Crippen LogP contribution in [0.15, 0.2) is 18.2 Å². The van der Waals surface area contributed by atoms with E-state index in [4.69, 9.17) is 9.47 Å². The number of nitrogens with one attached hydrogen (secondary N) is 2. The number of hydrogen-bond donors (Lipinski definition) is 2. The Morgan fingerprint density at radius 3 is 2.51 bits per heavy atom. The summed E-state index contributed by atoms with van der Waals surface area (Å²) in [6.07, 6.45) is -4.62. The van der Waals surface area contributed by atoms with Crippen molar-refractivity contribution in [2.24, 2.45) is 5.92 Å². The van der Waals surface area contributed by atoms with Gasteiger partial charge in [-0.05, 0) is 31.5 Å². The van der Waals surface area contributed by atoms with Gasteiger partial charge in [0.2, 0.25) is 10.0 Å². The number of nitrogens with zero attached hydrogens (tertiary/aromatic N) is 2. The zero-order valence-electron chi connectivity index (χ0n) is 21.6. The molecule has 0 fully saturated rings. The molecule has 0 aromatic heterocycles. The van der Waals surface area contributed by atoms with Crippen LogP contribution in [-0.2, 0) is 14.8 Å². The number of fused-ring (bicyclic) bond motifs is 1. The molecule has 0 radical (unpaired) electrons. The van der Waals surface area contributed by atoms with E-state index in [2.05, 4.69) is 5.32 Å². The molecule has 14 heteroatoms. The molecule has 0 bridgehead atoms. The highest BCUT2D eigenvalue weighted by Gasteiger charge is 2.35. The summed E-state index contributed by atoms with van der Waals surface area (Å²) in [7, 11) is -1.73. The number of benzene rings is 1. The Hall–Kier alpha value is -2.74. The normalized spacial score (nSPS) is 21.8. The molecule has 2 N–H and O–H groups in total. The van der Waals surface area contributed by atoms with Crippen LogP contribution < -0.4 is 14.8 Å². The first-order chi connectivity index (χ1) is 17.2. The van der Waals surface area contributed by atoms with Crippen LogP contribution in [0.4, 0.5) is 23.7 Å². The number of halogens is 3. The second kappa shape index (κ2) is 12.7. The summed E-state index contributed by atoms with van der Waals surface area (Å²) in [6.45, 7) is 6.61. The summed E-state index contributed by atoms with van der Waals surface area (Å²) in [5, 5.41) is 2.86. The Labute approximate surface area is 215 Å². The quantitative estimate of drug-likeness (QED) is 0.561. The van der Waals surface area contributed by atoms with Crippen LogP contribution in [0.5, 0.6) is 5.75 Å². The largest absolute Gasteiger partial charge is 0.491 e.